The highest BCUT2D eigenvalue weighted by Crippen LogP contribution is 2.25. The zero-order valence-electron chi connectivity index (χ0n) is 19.1. The molecule has 1 aliphatic heterocycles. The van der Waals surface area contributed by atoms with Gasteiger partial charge in [-0.1, -0.05) is 43.6 Å². The Bertz CT molecular complexity index is 1040. The molecule has 6 heteroatoms. The van der Waals surface area contributed by atoms with Gasteiger partial charge in [0, 0.05) is 36.6 Å². The minimum absolute atomic E-state index is 0.0678. The number of carbonyl (C=O) groups excluding carboxylic acids is 1. The molecule has 0 aliphatic carbocycles. The number of fused-ring (bicyclic) bond motifs is 1. The first-order chi connectivity index (χ1) is 15.5. The quantitative estimate of drug-likeness (QED) is 0.486. The summed E-state index contributed by atoms with van der Waals surface area (Å²) in [5, 5.41) is 3.90. The molecule has 1 saturated heterocycles. The van der Waals surface area contributed by atoms with E-state index in [2.05, 4.69) is 36.2 Å². The molecule has 1 aliphatic rings. The van der Waals surface area contributed by atoms with Gasteiger partial charge in [-0.05, 0) is 68.1 Å². The van der Waals surface area contributed by atoms with E-state index in [0.717, 1.165) is 35.8 Å². The lowest BCUT2D eigenvalue weighted by Gasteiger charge is -2.20. The van der Waals surface area contributed by atoms with Crippen molar-refractivity contribution in [2.45, 2.75) is 45.4 Å². The van der Waals surface area contributed by atoms with Gasteiger partial charge in [-0.15, -0.1) is 0 Å². The van der Waals surface area contributed by atoms with Crippen molar-refractivity contribution in [3.63, 3.8) is 0 Å². The third-order valence-corrected chi connectivity index (χ3v) is 6.52. The molecule has 2 aromatic heterocycles. The first-order valence-electron chi connectivity index (χ1n) is 11.7. The van der Waals surface area contributed by atoms with Crippen molar-refractivity contribution in [3.05, 3.63) is 70.6 Å². The lowest BCUT2D eigenvalue weighted by atomic mass is 9.90. The zero-order chi connectivity index (χ0) is 22.5. The molecule has 32 heavy (non-hydrogen) atoms. The Labute approximate surface area is 195 Å². The fourth-order valence-electron chi connectivity index (χ4n) is 4.59. The van der Waals surface area contributed by atoms with Crippen LogP contribution in [0, 0.1) is 5.92 Å². The van der Waals surface area contributed by atoms with Gasteiger partial charge in [-0.3, -0.25) is 9.20 Å². The van der Waals surface area contributed by atoms with Gasteiger partial charge in [0.15, 0.2) is 0 Å². The number of halogens is 1. The van der Waals surface area contributed by atoms with E-state index < -0.39 is 0 Å². The standard InChI is InChI=1S/C26H33ClN4O/c1-19(2)16-21(20-8-10-22(27)11-9-20)17-28-26(32)24-6-5-7-25-29-23(18-31(24)25)12-15-30-13-3-4-14-30/h5-11,18-19,21H,3-4,12-17H2,1-2H3,(H,28,32). The van der Waals surface area contributed by atoms with Crippen LogP contribution in [0.2, 0.25) is 5.02 Å². The molecule has 1 aromatic carbocycles. The number of aromatic nitrogens is 2. The summed E-state index contributed by atoms with van der Waals surface area (Å²) in [6.45, 7) is 8.41. The zero-order valence-corrected chi connectivity index (χ0v) is 19.8. The van der Waals surface area contributed by atoms with E-state index >= 15 is 0 Å². The monoisotopic (exact) mass is 452 g/mol. The molecular weight excluding hydrogens is 420 g/mol. The van der Waals surface area contributed by atoms with Crippen LogP contribution in [0.3, 0.4) is 0 Å². The largest absolute Gasteiger partial charge is 0.350 e. The van der Waals surface area contributed by atoms with Crippen molar-refractivity contribution >= 4 is 23.2 Å². The van der Waals surface area contributed by atoms with Crippen LogP contribution in [0.4, 0.5) is 0 Å². The molecule has 1 amide bonds. The number of imidazole rings is 1. The van der Waals surface area contributed by atoms with Crippen LogP contribution < -0.4 is 5.32 Å². The maximum absolute atomic E-state index is 13.1. The van der Waals surface area contributed by atoms with Gasteiger partial charge >= 0.3 is 0 Å². The fraction of sp³-hybridized carbons (Fsp3) is 0.462. The van der Waals surface area contributed by atoms with Gasteiger partial charge in [-0.25, -0.2) is 4.98 Å². The molecule has 1 atom stereocenters. The second-order valence-corrected chi connectivity index (χ2v) is 9.69. The minimum atomic E-state index is -0.0678. The summed E-state index contributed by atoms with van der Waals surface area (Å²) in [7, 11) is 0. The Morgan fingerprint density at radius 2 is 1.88 bits per heavy atom. The van der Waals surface area contributed by atoms with Gasteiger partial charge in [0.05, 0.1) is 5.69 Å². The van der Waals surface area contributed by atoms with Crippen LogP contribution >= 0.6 is 11.6 Å². The lowest BCUT2D eigenvalue weighted by Crippen LogP contribution is -2.30. The number of benzene rings is 1. The molecule has 1 unspecified atom stereocenters. The molecule has 3 heterocycles. The number of amides is 1. The predicted molar refractivity (Wildman–Crippen MR) is 131 cm³/mol. The number of pyridine rings is 1. The Balaban J connectivity index is 1.45. The minimum Gasteiger partial charge on any atom is -0.350 e. The van der Waals surface area contributed by atoms with Gasteiger partial charge < -0.3 is 10.2 Å². The van der Waals surface area contributed by atoms with Crippen LogP contribution in [0.25, 0.3) is 5.65 Å². The highest BCUT2D eigenvalue weighted by molar-refractivity contribution is 6.30. The number of likely N-dealkylation sites (tertiary alicyclic amines) is 1. The van der Waals surface area contributed by atoms with Crippen LogP contribution in [0.15, 0.2) is 48.7 Å². The number of rotatable bonds is 9. The van der Waals surface area contributed by atoms with Crippen molar-refractivity contribution < 1.29 is 4.79 Å². The van der Waals surface area contributed by atoms with Gasteiger partial charge in [-0.2, -0.15) is 0 Å². The van der Waals surface area contributed by atoms with Crippen molar-refractivity contribution in [3.8, 4) is 0 Å². The van der Waals surface area contributed by atoms with Gasteiger partial charge in [0.25, 0.3) is 5.91 Å². The van der Waals surface area contributed by atoms with Crippen LogP contribution in [-0.4, -0.2) is 46.4 Å². The van der Waals surface area contributed by atoms with E-state index in [1.807, 2.05) is 40.9 Å². The Morgan fingerprint density at radius 3 is 2.59 bits per heavy atom. The SMILES string of the molecule is CC(C)CC(CNC(=O)c1cccc2nc(CCN3CCCC3)cn12)c1ccc(Cl)cc1. The second kappa shape index (κ2) is 10.5. The summed E-state index contributed by atoms with van der Waals surface area (Å²) in [6.07, 6.45) is 6.52. The maximum Gasteiger partial charge on any atom is 0.268 e. The predicted octanol–water partition coefficient (Wildman–Crippen LogP) is 5.19. The number of carbonyl (C=O) groups is 1. The Kier molecular flexibility index (Phi) is 7.48. The van der Waals surface area contributed by atoms with E-state index in [1.165, 1.54) is 31.5 Å². The van der Waals surface area contributed by atoms with Gasteiger partial charge in [0.2, 0.25) is 0 Å². The summed E-state index contributed by atoms with van der Waals surface area (Å²) < 4.78 is 1.92. The Morgan fingerprint density at radius 1 is 1.12 bits per heavy atom. The highest BCUT2D eigenvalue weighted by atomic mass is 35.5. The highest BCUT2D eigenvalue weighted by Gasteiger charge is 2.18. The smallest absolute Gasteiger partial charge is 0.268 e. The molecule has 1 N–H and O–H groups in total. The molecule has 5 nitrogen and oxygen atoms in total. The molecular formula is C26H33ClN4O. The fourth-order valence-corrected chi connectivity index (χ4v) is 4.72. The summed E-state index contributed by atoms with van der Waals surface area (Å²) in [6, 6.07) is 13.7. The van der Waals surface area contributed by atoms with Crippen molar-refractivity contribution in [2.24, 2.45) is 5.92 Å². The first kappa shape index (κ1) is 22.8. The topological polar surface area (TPSA) is 49.6 Å². The molecule has 0 spiro atoms. The number of hydrogen-bond donors (Lipinski definition) is 1. The summed E-state index contributed by atoms with van der Waals surface area (Å²) in [4.78, 5) is 20.4. The average Bonchev–Trinajstić information content (AvgIpc) is 3.44. The van der Waals surface area contributed by atoms with Crippen molar-refractivity contribution in [2.75, 3.05) is 26.2 Å². The average molecular weight is 453 g/mol. The second-order valence-electron chi connectivity index (χ2n) is 9.26. The molecule has 4 rings (SSSR count). The van der Waals surface area contributed by atoms with Crippen LogP contribution in [0.1, 0.15) is 60.8 Å². The third kappa shape index (κ3) is 5.70. The third-order valence-electron chi connectivity index (χ3n) is 6.26. The van der Waals surface area contributed by atoms with E-state index in [9.17, 15) is 4.79 Å². The number of nitrogens with zero attached hydrogens (tertiary/aromatic N) is 3. The summed E-state index contributed by atoms with van der Waals surface area (Å²) in [5.74, 6) is 0.707. The lowest BCUT2D eigenvalue weighted by molar-refractivity contribution is 0.0943. The molecule has 0 saturated carbocycles. The first-order valence-corrected chi connectivity index (χ1v) is 12.1. The molecule has 0 radical (unpaired) electrons. The molecule has 170 valence electrons. The maximum atomic E-state index is 13.1. The van der Waals surface area contributed by atoms with Crippen LogP contribution in [-0.2, 0) is 6.42 Å². The summed E-state index contributed by atoms with van der Waals surface area (Å²) in [5.41, 5.74) is 3.69. The van der Waals surface area contributed by atoms with Crippen molar-refractivity contribution in [1.82, 2.24) is 19.6 Å². The normalized spacial score (nSPS) is 15.5. The van der Waals surface area contributed by atoms with Crippen LogP contribution in [0.5, 0.6) is 0 Å². The van der Waals surface area contributed by atoms with E-state index in [0.29, 0.717) is 18.2 Å². The molecule has 3 aromatic rings. The molecule has 1 fully saturated rings. The van der Waals surface area contributed by atoms with E-state index in [-0.39, 0.29) is 11.8 Å². The van der Waals surface area contributed by atoms with Crippen molar-refractivity contribution in [1.29, 1.82) is 0 Å². The van der Waals surface area contributed by atoms with E-state index in [4.69, 9.17) is 16.6 Å². The van der Waals surface area contributed by atoms with E-state index in [1.54, 1.807) is 0 Å². The molecule has 0 bridgehead atoms. The van der Waals surface area contributed by atoms with Gasteiger partial charge in [0.1, 0.15) is 11.3 Å². The number of hydrogen-bond acceptors (Lipinski definition) is 3. The number of nitrogens with one attached hydrogen (secondary N) is 1. The Hall–Kier alpha value is -2.37. The summed E-state index contributed by atoms with van der Waals surface area (Å²) >= 11 is 6.07.